The minimum Gasteiger partial charge on any atom is -0.465 e. The van der Waals surface area contributed by atoms with Gasteiger partial charge in [0.1, 0.15) is 29.6 Å². The third kappa shape index (κ3) is 2.82. The van der Waals surface area contributed by atoms with E-state index >= 15 is 0 Å². The van der Waals surface area contributed by atoms with E-state index in [1.54, 1.807) is 0 Å². The van der Waals surface area contributed by atoms with E-state index in [1.165, 1.54) is 0 Å². The Kier molecular flexibility index (Phi) is 4.47. The molecule has 7 nitrogen and oxygen atoms in total. The zero-order valence-electron chi connectivity index (χ0n) is 13.4. The standard InChI is InChI=1S/C17H13F2NO6/c1-24-17(23)13-12(9-3-2-7(18)4-10(9)19)15-14(26-16(13)20)11(22)5-8(6-21)25-15/h2-5,12,21H,6,20H2,1H3/t12-/m1/s1. The van der Waals surface area contributed by atoms with Gasteiger partial charge < -0.3 is 24.7 Å². The monoisotopic (exact) mass is 365 g/mol. The van der Waals surface area contributed by atoms with Crippen LogP contribution in [-0.2, 0) is 16.1 Å². The highest BCUT2D eigenvalue weighted by atomic mass is 19.1. The Hall–Kier alpha value is -3.20. The molecule has 1 aliphatic rings. The van der Waals surface area contributed by atoms with Crippen molar-refractivity contribution in [3.63, 3.8) is 0 Å². The van der Waals surface area contributed by atoms with Gasteiger partial charge in [-0.15, -0.1) is 0 Å². The molecular formula is C17H13F2NO6. The molecule has 0 saturated carbocycles. The SMILES string of the molecule is COC(=O)C1=C(N)Oc2c(oc(CO)cc2=O)[C@@H]1c1ccc(F)cc1F. The van der Waals surface area contributed by atoms with Crippen LogP contribution in [0.2, 0.25) is 0 Å². The quantitative estimate of drug-likeness (QED) is 0.788. The van der Waals surface area contributed by atoms with Crippen LogP contribution in [0.4, 0.5) is 8.78 Å². The summed E-state index contributed by atoms with van der Waals surface area (Å²) >= 11 is 0. The zero-order chi connectivity index (χ0) is 19.0. The van der Waals surface area contributed by atoms with Crippen LogP contribution in [0.15, 0.2) is 44.9 Å². The van der Waals surface area contributed by atoms with E-state index in [1.807, 2.05) is 0 Å². The summed E-state index contributed by atoms with van der Waals surface area (Å²) < 4.78 is 43.0. The smallest absolute Gasteiger partial charge is 0.340 e. The number of methoxy groups -OCH3 is 1. The number of carbonyl (C=O) groups is 1. The fraction of sp³-hybridized carbons (Fsp3) is 0.176. The number of ether oxygens (including phenoxy) is 2. The van der Waals surface area contributed by atoms with Gasteiger partial charge in [0, 0.05) is 17.7 Å². The van der Waals surface area contributed by atoms with Crippen molar-refractivity contribution in [2.75, 3.05) is 7.11 Å². The number of hydrogen-bond donors (Lipinski definition) is 2. The molecule has 2 heterocycles. The number of hydrogen-bond acceptors (Lipinski definition) is 7. The third-order valence-corrected chi connectivity index (χ3v) is 3.84. The number of fused-ring (bicyclic) bond motifs is 1. The van der Waals surface area contributed by atoms with Crippen LogP contribution in [-0.4, -0.2) is 18.2 Å². The first-order valence-corrected chi connectivity index (χ1v) is 7.35. The predicted octanol–water partition coefficient (Wildman–Crippen LogP) is 1.28. The van der Waals surface area contributed by atoms with Gasteiger partial charge in [-0.2, -0.15) is 0 Å². The lowest BCUT2D eigenvalue weighted by molar-refractivity contribution is -0.136. The van der Waals surface area contributed by atoms with Crippen molar-refractivity contribution in [1.82, 2.24) is 0 Å². The summed E-state index contributed by atoms with van der Waals surface area (Å²) in [4.78, 5) is 24.4. The zero-order valence-corrected chi connectivity index (χ0v) is 13.4. The first-order valence-electron chi connectivity index (χ1n) is 7.35. The molecular weight excluding hydrogens is 352 g/mol. The molecule has 2 aromatic rings. The van der Waals surface area contributed by atoms with Gasteiger partial charge in [-0.1, -0.05) is 6.07 Å². The molecule has 0 spiro atoms. The van der Waals surface area contributed by atoms with Gasteiger partial charge in [0.2, 0.25) is 17.1 Å². The maximum absolute atomic E-state index is 14.4. The molecule has 136 valence electrons. The largest absolute Gasteiger partial charge is 0.465 e. The third-order valence-electron chi connectivity index (χ3n) is 3.84. The van der Waals surface area contributed by atoms with Crippen LogP contribution in [0.25, 0.3) is 0 Å². The van der Waals surface area contributed by atoms with Crippen LogP contribution < -0.4 is 15.9 Å². The van der Waals surface area contributed by atoms with Crippen molar-refractivity contribution in [2.24, 2.45) is 5.73 Å². The molecule has 0 saturated heterocycles. The lowest BCUT2D eigenvalue weighted by atomic mass is 9.86. The molecule has 1 atom stereocenters. The van der Waals surface area contributed by atoms with Crippen molar-refractivity contribution in [2.45, 2.75) is 12.5 Å². The maximum Gasteiger partial charge on any atom is 0.340 e. The molecule has 9 heteroatoms. The van der Waals surface area contributed by atoms with Crippen LogP contribution >= 0.6 is 0 Å². The second-order valence-corrected chi connectivity index (χ2v) is 5.40. The number of esters is 1. The molecule has 3 N–H and O–H groups in total. The topological polar surface area (TPSA) is 112 Å². The van der Waals surface area contributed by atoms with Gasteiger partial charge in [-0.05, 0) is 6.07 Å². The van der Waals surface area contributed by atoms with Gasteiger partial charge in [-0.25, -0.2) is 13.6 Å². The van der Waals surface area contributed by atoms with Crippen LogP contribution in [0, 0.1) is 11.6 Å². The second kappa shape index (κ2) is 6.60. The number of aliphatic hydroxyl groups excluding tert-OH is 1. The van der Waals surface area contributed by atoms with Gasteiger partial charge >= 0.3 is 5.97 Å². The first kappa shape index (κ1) is 17.6. The van der Waals surface area contributed by atoms with E-state index in [-0.39, 0.29) is 28.4 Å². The minimum atomic E-state index is -1.33. The van der Waals surface area contributed by atoms with E-state index in [0.717, 1.165) is 25.3 Å². The Balaban J connectivity index is 2.34. The predicted molar refractivity (Wildman–Crippen MR) is 83.0 cm³/mol. The molecule has 1 aromatic carbocycles. The number of nitrogens with two attached hydrogens (primary N) is 1. The molecule has 3 rings (SSSR count). The summed E-state index contributed by atoms with van der Waals surface area (Å²) in [5.74, 6) is -5.31. The summed E-state index contributed by atoms with van der Waals surface area (Å²) in [5, 5.41) is 9.26. The van der Waals surface area contributed by atoms with Crippen LogP contribution in [0.3, 0.4) is 0 Å². The Morgan fingerprint density at radius 2 is 2.08 bits per heavy atom. The van der Waals surface area contributed by atoms with E-state index in [4.69, 9.17) is 14.9 Å². The Morgan fingerprint density at radius 3 is 2.69 bits per heavy atom. The normalized spacial score (nSPS) is 16.1. The number of carbonyl (C=O) groups excluding carboxylic acids is 1. The van der Waals surface area contributed by atoms with Gasteiger partial charge in [0.25, 0.3) is 0 Å². The second-order valence-electron chi connectivity index (χ2n) is 5.40. The number of halogens is 2. The highest BCUT2D eigenvalue weighted by molar-refractivity contribution is 5.92. The molecule has 0 amide bonds. The molecule has 1 aromatic heterocycles. The lowest BCUT2D eigenvalue weighted by Crippen LogP contribution is -2.30. The highest BCUT2D eigenvalue weighted by Crippen LogP contribution is 2.42. The Labute approximate surface area is 145 Å². The summed E-state index contributed by atoms with van der Waals surface area (Å²) in [6, 6.07) is 3.66. The van der Waals surface area contributed by atoms with Crippen molar-refractivity contribution in [3.05, 3.63) is 74.7 Å². The molecule has 0 bridgehead atoms. The van der Waals surface area contributed by atoms with E-state index in [9.17, 15) is 23.5 Å². The highest BCUT2D eigenvalue weighted by Gasteiger charge is 2.40. The van der Waals surface area contributed by atoms with Crippen molar-refractivity contribution < 1.29 is 32.6 Å². The number of benzene rings is 1. The maximum atomic E-state index is 14.4. The van der Waals surface area contributed by atoms with Gasteiger partial charge in [0.15, 0.2) is 5.76 Å². The van der Waals surface area contributed by atoms with Gasteiger partial charge in [0.05, 0.1) is 13.0 Å². The molecule has 0 radical (unpaired) electrons. The molecule has 0 unspecified atom stereocenters. The summed E-state index contributed by atoms with van der Waals surface area (Å²) in [5.41, 5.74) is 4.56. The fourth-order valence-corrected chi connectivity index (χ4v) is 2.72. The average molecular weight is 365 g/mol. The number of rotatable bonds is 3. The van der Waals surface area contributed by atoms with Crippen molar-refractivity contribution in [1.29, 1.82) is 0 Å². The molecule has 26 heavy (non-hydrogen) atoms. The summed E-state index contributed by atoms with van der Waals surface area (Å²) in [6.07, 6.45) is 0. The summed E-state index contributed by atoms with van der Waals surface area (Å²) in [6.45, 7) is -0.617. The molecule has 0 aliphatic carbocycles. The minimum absolute atomic E-state index is 0.130. The fourth-order valence-electron chi connectivity index (χ4n) is 2.72. The lowest BCUT2D eigenvalue weighted by Gasteiger charge is -2.26. The average Bonchev–Trinajstić information content (AvgIpc) is 2.61. The van der Waals surface area contributed by atoms with E-state index in [2.05, 4.69) is 4.74 Å². The van der Waals surface area contributed by atoms with Crippen LogP contribution in [0.1, 0.15) is 23.0 Å². The summed E-state index contributed by atoms with van der Waals surface area (Å²) in [7, 11) is 1.08. The van der Waals surface area contributed by atoms with Crippen LogP contribution in [0.5, 0.6) is 5.75 Å². The van der Waals surface area contributed by atoms with Crippen molar-refractivity contribution >= 4 is 5.97 Å². The molecule has 0 fully saturated rings. The molecule has 1 aliphatic heterocycles. The Bertz CT molecular complexity index is 982. The Morgan fingerprint density at radius 1 is 1.35 bits per heavy atom. The van der Waals surface area contributed by atoms with E-state index in [0.29, 0.717) is 6.07 Å². The van der Waals surface area contributed by atoms with Crippen molar-refractivity contribution in [3.8, 4) is 5.75 Å². The van der Waals surface area contributed by atoms with Gasteiger partial charge in [-0.3, -0.25) is 4.79 Å². The first-order chi connectivity index (χ1) is 12.4. The number of aliphatic hydroxyl groups is 1. The van der Waals surface area contributed by atoms with E-state index < -0.39 is 41.4 Å².